The summed E-state index contributed by atoms with van der Waals surface area (Å²) in [6.07, 6.45) is 1.00. The number of halogens is 1. The number of hydrogen-bond donors (Lipinski definition) is 2. The van der Waals surface area contributed by atoms with E-state index in [0.29, 0.717) is 16.4 Å². The topological polar surface area (TPSA) is 61.0 Å². The fraction of sp³-hybridized carbons (Fsp3) is 0.200. The first-order chi connectivity index (χ1) is 12.7. The van der Waals surface area contributed by atoms with E-state index in [4.69, 9.17) is 11.6 Å². The molecule has 0 saturated carbocycles. The van der Waals surface area contributed by atoms with Crippen LogP contribution in [0.15, 0.2) is 54.6 Å². The highest BCUT2D eigenvalue weighted by Crippen LogP contribution is 2.27. The van der Waals surface area contributed by atoms with Crippen LogP contribution in [0.5, 0.6) is 0 Å². The summed E-state index contributed by atoms with van der Waals surface area (Å²) in [5.41, 5.74) is 3.98. The lowest BCUT2D eigenvalue weighted by molar-refractivity contribution is 0.102. The summed E-state index contributed by atoms with van der Waals surface area (Å²) in [6, 6.07) is 17.3. The molecule has 0 aliphatic carbocycles. The number of hydrogen-bond acceptors (Lipinski definition) is 3. The van der Waals surface area contributed by atoms with E-state index in [-0.39, 0.29) is 5.91 Å². The van der Waals surface area contributed by atoms with Crippen LogP contribution < -0.4 is 5.32 Å². The number of carbonyl (C=O) groups is 1. The minimum absolute atomic E-state index is 0.204. The Labute approximate surface area is 157 Å². The van der Waals surface area contributed by atoms with E-state index in [1.54, 1.807) is 24.3 Å². The number of nitrogens with one attached hydrogen (secondary N) is 2. The smallest absolute Gasteiger partial charge is 0.256 e. The van der Waals surface area contributed by atoms with Gasteiger partial charge in [0.25, 0.3) is 5.91 Å². The predicted molar refractivity (Wildman–Crippen MR) is 102 cm³/mol. The van der Waals surface area contributed by atoms with Crippen LogP contribution in [0.3, 0.4) is 0 Å². The van der Waals surface area contributed by atoms with Crippen molar-refractivity contribution >= 4 is 23.3 Å². The van der Waals surface area contributed by atoms with E-state index in [0.717, 1.165) is 37.3 Å². The molecule has 6 heteroatoms. The molecular formula is C20H19ClN4O. The minimum Gasteiger partial charge on any atom is -0.305 e. The zero-order chi connectivity index (χ0) is 17.9. The van der Waals surface area contributed by atoms with E-state index >= 15 is 0 Å². The third-order valence-electron chi connectivity index (χ3n) is 4.59. The van der Waals surface area contributed by atoms with Crippen molar-refractivity contribution in [3.05, 3.63) is 82.0 Å². The Bertz CT molecular complexity index is 923. The Morgan fingerprint density at radius 1 is 1.15 bits per heavy atom. The van der Waals surface area contributed by atoms with Crippen LogP contribution >= 0.6 is 11.6 Å². The van der Waals surface area contributed by atoms with Crippen molar-refractivity contribution in [2.45, 2.75) is 19.5 Å². The summed E-state index contributed by atoms with van der Waals surface area (Å²) < 4.78 is 0. The van der Waals surface area contributed by atoms with Gasteiger partial charge in [0, 0.05) is 35.8 Å². The second-order valence-electron chi connectivity index (χ2n) is 6.44. The minimum atomic E-state index is -0.204. The Hall–Kier alpha value is -2.63. The first kappa shape index (κ1) is 16.8. The average Bonchev–Trinajstić information content (AvgIpc) is 3.22. The van der Waals surface area contributed by atoms with Crippen molar-refractivity contribution in [3.63, 3.8) is 0 Å². The largest absolute Gasteiger partial charge is 0.305 e. The molecule has 0 fully saturated rings. The fourth-order valence-corrected chi connectivity index (χ4v) is 3.40. The van der Waals surface area contributed by atoms with Crippen molar-refractivity contribution in [1.29, 1.82) is 0 Å². The molecule has 3 aromatic rings. The van der Waals surface area contributed by atoms with Gasteiger partial charge in [-0.15, -0.1) is 0 Å². The lowest BCUT2D eigenvalue weighted by Gasteiger charge is -2.15. The van der Waals surface area contributed by atoms with E-state index in [1.165, 1.54) is 5.56 Å². The summed E-state index contributed by atoms with van der Waals surface area (Å²) in [7, 11) is 0. The van der Waals surface area contributed by atoms with Gasteiger partial charge in [-0.25, -0.2) is 0 Å². The molecule has 1 aromatic heterocycles. The molecule has 2 aromatic carbocycles. The second-order valence-corrected chi connectivity index (χ2v) is 6.88. The molecule has 0 unspecified atom stereocenters. The number of aromatic nitrogens is 2. The molecule has 0 saturated heterocycles. The van der Waals surface area contributed by atoms with Crippen LogP contribution in [0.25, 0.3) is 0 Å². The van der Waals surface area contributed by atoms with Crippen LogP contribution in [-0.2, 0) is 19.5 Å². The van der Waals surface area contributed by atoms with Crippen LogP contribution in [-0.4, -0.2) is 27.5 Å². The molecule has 0 atom stereocenters. The lowest BCUT2D eigenvalue weighted by Crippen LogP contribution is -2.20. The predicted octanol–water partition coefficient (Wildman–Crippen LogP) is 3.87. The zero-order valence-corrected chi connectivity index (χ0v) is 15.0. The summed E-state index contributed by atoms with van der Waals surface area (Å²) >= 11 is 5.96. The molecule has 1 aliphatic heterocycles. The number of carbonyl (C=O) groups excluding carboxylic acids is 1. The summed E-state index contributed by atoms with van der Waals surface area (Å²) in [6.45, 7) is 2.57. The standard InChI is InChI=1S/C20H19ClN4O/c21-16-8-4-7-15(11-16)20(26)22-19-17-12-25(13-18(17)23-24-19)10-9-14-5-2-1-3-6-14/h1-8,11H,9-10,12-13H2,(H2,22,23,24,26). The Balaban J connectivity index is 1.39. The molecule has 0 bridgehead atoms. The Morgan fingerprint density at radius 2 is 2.00 bits per heavy atom. The normalized spacial score (nSPS) is 13.6. The number of H-pyrrole nitrogens is 1. The van der Waals surface area contributed by atoms with E-state index in [2.05, 4.69) is 44.7 Å². The molecular weight excluding hydrogens is 348 g/mol. The van der Waals surface area contributed by atoms with Crippen LogP contribution in [0.4, 0.5) is 5.82 Å². The van der Waals surface area contributed by atoms with Crippen molar-refractivity contribution < 1.29 is 4.79 Å². The van der Waals surface area contributed by atoms with Crippen molar-refractivity contribution in [2.24, 2.45) is 0 Å². The number of anilines is 1. The van der Waals surface area contributed by atoms with Crippen LogP contribution in [0.1, 0.15) is 27.2 Å². The monoisotopic (exact) mass is 366 g/mol. The highest BCUT2D eigenvalue weighted by Gasteiger charge is 2.25. The van der Waals surface area contributed by atoms with Crippen molar-refractivity contribution in [1.82, 2.24) is 15.1 Å². The number of fused-ring (bicyclic) bond motifs is 1. The molecule has 132 valence electrons. The SMILES string of the molecule is O=C(Nc1n[nH]c2c1CN(CCc1ccccc1)C2)c1cccc(Cl)c1. The molecule has 26 heavy (non-hydrogen) atoms. The summed E-state index contributed by atoms with van der Waals surface area (Å²) in [5, 5.41) is 10.7. The number of rotatable bonds is 5. The maximum atomic E-state index is 12.4. The fourth-order valence-electron chi connectivity index (χ4n) is 3.21. The summed E-state index contributed by atoms with van der Waals surface area (Å²) in [5.74, 6) is 0.400. The zero-order valence-electron chi connectivity index (χ0n) is 14.2. The molecule has 1 amide bonds. The van der Waals surface area contributed by atoms with Crippen LogP contribution in [0.2, 0.25) is 5.02 Å². The van der Waals surface area contributed by atoms with Crippen molar-refractivity contribution in [3.8, 4) is 0 Å². The first-order valence-corrected chi connectivity index (χ1v) is 8.96. The third-order valence-corrected chi connectivity index (χ3v) is 4.83. The molecule has 1 aliphatic rings. The summed E-state index contributed by atoms with van der Waals surface area (Å²) in [4.78, 5) is 14.8. The number of benzene rings is 2. The quantitative estimate of drug-likeness (QED) is 0.720. The number of aromatic amines is 1. The number of nitrogens with zero attached hydrogens (tertiary/aromatic N) is 2. The van der Waals surface area contributed by atoms with Crippen molar-refractivity contribution in [2.75, 3.05) is 11.9 Å². The van der Waals surface area contributed by atoms with Gasteiger partial charge in [0.1, 0.15) is 0 Å². The van der Waals surface area contributed by atoms with Gasteiger partial charge in [-0.3, -0.25) is 14.8 Å². The molecule has 2 heterocycles. The second kappa shape index (κ2) is 7.32. The third kappa shape index (κ3) is 3.64. The number of amides is 1. The maximum absolute atomic E-state index is 12.4. The first-order valence-electron chi connectivity index (χ1n) is 8.58. The van der Waals surface area contributed by atoms with Gasteiger partial charge in [0.15, 0.2) is 5.82 Å². The van der Waals surface area contributed by atoms with Gasteiger partial charge in [-0.1, -0.05) is 48.0 Å². The van der Waals surface area contributed by atoms with Gasteiger partial charge in [0.05, 0.1) is 5.69 Å². The van der Waals surface area contributed by atoms with Gasteiger partial charge < -0.3 is 5.32 Å². The Kier molecular flexibility index (Phi) is 4.73. The van der Waals surface area contributed by atoms with Crippen LogP contribution in [0, 0.1) is 0 Å². The highest BCUT2D eigenvalue weighted by molar-refractivity contribution is 6.31. The Morgan fingerprint density at radius 3 is 2.81 bits per heavy atom. The maximum Gasteiger partial charge on any atom is 0.256 e. The van der Waals surface area contributed by atoms with E-state index in [1.807, 2.05) is 6.07 Å². The molecule has 0 spiro atoms. The lowest BCUT2D eigenvalue weighted by atomic mass is 10.1. The van der Waals surface area contributed by atoms with Gasteiger partial charge in [-0.05, 0) is 30.2 Å². The van der Waals surface area contributed by atoms with Gasteiger partial charge >= 0.3 is 0 Å². The van der Waals surface area contributed by atoms with Gasteiger partial charge in [0.2, 0.25) is 0 Å². The van der Waals surface area contributed by atoms with E-state index < -0.39 is 0 Å². The molecule has 0 radical (unpaired) electrons. The highest BCUT2D eigenvalue weighted by atomic mass is 35.5. The van der Waals surface area contributed by atoms with Gasteiger partial charge in [-0.2, -0.15) is 5.10 Å². The average molecular weight is 367 g/mol. The van der Waals surface area contributed by atoms with E-state index in [9.17, 15) is 4.79 Å². The molecule has 5 nitrogen and oxygen atoms in total. The molecule has 4 rings (SSSR count). The molecule has 2 N–H and O–H groups in total.